The molecule has 1 aromatic rings. The maximum Gasteiger partial charge on any atom is 0.0910 e. The van der Waals surface area contributed by atoms with E-state index in [1.54, 1.807) is 0 Å². The van der Waals surface area contributed by atoms with E-state index in [4.69, 9.17) is 4.74 Å². The fourth-order valence-corrected chi connectivity index (χ4v) is 2.47. The summed E-state index contributed by atoms with van der Waals surface area (Å²) in [6.07, 6.45) is 0.226. The zero-order chi connectivity index (χ0) is 15.2. The SMILES string of the molecule is CC(C)OCc1ccc(CN2CCN(C(C)C)CC2)nn1. The van der Waals surface area contributed by atoms with Crippen molar-refractivity contribution in [2.45, 2.75) is 53.0 Å². The topological polar surface area (TPSA) is 41.5 Å². The first kappa shape index (κ1) is 16.3. The van der Waals surface area contributed by atoms with Crippen molar-refractivity contribution >= 4 is 0 Å². The molecule has 1 fully saturated rings. The first-order valence-electron chi connectivity index (χ1n) is 7.94. The lowest BCUT2D eigenvalue weighted by Crippen LogP contribution is -2.48. The van der Waals surface area contributed by atoms with E-state index < -0.39 is 0 Å². The lowest BCUT2D eigenvalue weighted by molar-refractivity contribution is 0.0630. The normalized spacial score (nSPS) is 17.8. The van der Waals surface area contributed by atoms with Crippen molar-refractivity contribution in [1.82, 2.24) is 20.0 Å². The zero-order valence-electron chi connectivity index (χ0n) is 13.7. The summed E-state index contributed by atoms with van der Waals surface area (Å²) >= 11 is 0. The number of nitrogens with zero attached hydrogens (tertiary/aromatic N) is 4. The van der Waals surface area contributed by atoms with Crippen LogP contribution in [0.2, 0.25) is 0 Å². The molecule has 1 saturated heterocycles. The molecule has 2 rings (SSSR count). The smallest absolute Gasteiger partial charge is 0.0910 e. The minimum Gasteiger partial charge on any atom is -0.372 e. The van der Waals surface area contributed by atoms with Crippen molar-refractivity contribution < 1.29 is 4.74 Å². The molecule has 1 aliphatic heterocycles. The summed E-state index contributed by atoms with van der Waals surface area (Å²) < 4.78 is 5.53. The summed E-state index contributed by atoms with van der Waals surface area (Å²) in [7, 11) is 0. The molecule has 118 valence electrons. The van der Waals surface area contributed by atoms with Gasteiger partial charge in [-0.2, -0.15) is 10.2 Å². The van der Waals surface area contributed by atoms with Crippen molar-refractivity contribution in [2.24, 2.45) is 0 Å². The fraction of sp³-hybridized carbons (Fsp3) is 0.750. The molecule has 0 radical (unpaired) electrons. The van der Waals surface area contributed by atoms with Crippen molar-refractivity contribution in [1.29, 1.82) is 0 Å². The third-order valence-electron chi connectivity index (χ3n) is 3.86. The highest BCUT2D eigenvalue weighted by Gasteiger charge is 2.19. The van der Waals surface area contributed by atoms with Gasteiger partial charge in [0.1, 0.15) is 0 Å². The van der Waals surface area contributed by atoms with E-state index in [1.165, 1.54) is 0 Å². The molecule has 0 aliphatic carbocycles. The molecule has 5 nitrogen and oxygen atoms in total. The Balaban J connectivity index is 1.78. The van der Waals surface area contributed by atoms with Crippen LogP contribution >= 0.6 is 0 Å². The van der Waals surface area contributed by atoms with Gasteiger partial charge in [-0.1, -0.05) is 0 Å². The second-order valence-corrected chi connectivity index (χ2v) is 6.28. The van der Waals surface area contributed by atoms with Gasteiger partial charge in [-0.05, 0) is 39.8 Å². The Kier molecular flexibility index (Phi) is 6.08. The first-order chi connectivity index (χ1) is 10.0. The van der Waals surface area contributed by atoms with Gasteiger partial charge in [0.05, 0.1) is 24.1 Å². The van der Waals surface area contributed by atoms with Crippen LogP contribution in [-0.2, 0) is 17.9 Å². The Labute approximate surface area is 128 Å². The molecule has 2 heterocycles. The van der Waals surface area contributed by atoms with Crippen LogP contribution in [0.3, 0.4) is 0 Å². The lowest BCUT2D eigenvalue weighted by Gasteiger charge is -2.36. The van der Waals surface area contributed by atoms with Crippen LogP contribution in [0.1, 0.15) is 39.1 Å². The highest BCUT2D eigenvalue weighted by molar-refractivity contribution is 5.06. The molecule has 0 saturated carbocycles. The van der Waals surface area contributed by atoms with Crippen molar-refractivity contribution in [3.8, 4) is 0 Å². The Morgan fingerprint density at radius 2 is 1.62 bits per heavy atom. The average Bonchev–Trinajstić information content (AvgIpc) is 2.47. The Morgan fingerprint density at radius 3 is 2.14 bits per heavy atom. The van der Waals surface area contributed by atoms with Gasteiger partial charge < -0.3 is 4.74 Å². The molecule has 0 amide bonds. The molecule has 0 bridgehead atoms. The van der Waals surface area contributed by atoms with Crippen LogP contribution in [0.15, 0.2) is 12.1 Å². The predicted molar refractivity (Wildman–Crippen MR) is 83.9 cm³/mol. The number of aromatic nitrogens is 2. The molecule has 5 heteroatoms. The van der Waals surface area contributed by atoms with E-state index in [-0.39, 0.29) is 6.10 Å². The highest BCUT2D eigenvalue weighted by Crippen LogP contribution is 2.09. The summed E-state index contributed by atoms with van der Waals surface area (Å²) in [6.45, 7) is 14.5. The summed E-state index contributed by atoms with van der Waals surface area (Å²) in [5.74, 6) is 0. The van der Waals surface area contributed by atoms with Gasteiger partial charge >= 0.3 is 0 Å². The van der Waals surface area contributed by atoms with Gasteiger partial charge in [0, 0.05) is 38.8 Å². The first-order valence-corrected chi connectivity index (χ1v) is 7.94. The standard InChI is InChI=1S/C16H28N4O/c1-13(2)20-9-7-19(8-10-20)11-15-5-6-16(18-17-15)12-21-14(3)4/h5-6,13-14H,7-12H2,1-4H3. The summed E-state index contributed by atoms with van der Waals surface area (Å²) in [5.41, 5.74) is 1.94. The third kappa shape index (κ3) is 5.34. The molecule has 0 spiro atoms. The summed E-state index contributed by atoms with van der Waals surface area (Å²) in [6, 6.07) is 4.74. The molecule has 0 atom stereocenters. The van der Waals surface area contributed by atoms with E-state index in [0.717, 1.165) is 44.1 Å². The zero-order valence-corrected chi connectivity index (χ0v) is 13.7. The monoisotopic (exact) mass is 292 g/mol. The van der Waals surface area contributed by atoms with Crippen LogP contribution in [-0.4, -0.2) is 58.3 Å². The Hall–Kier alpha value is -1.04. The summed E-state index contributed by atoms with van der Waals surface area (Å²) in [5, 5.41) is 8.57. The maximum absolute atomic E-state index is 5.53. The van der Waals surface area contributed by atoms with E-state index >= 15 is 0 Å². The van der Waals surface area contributed by atoms with E-state index in [2.05, 4.69) is 39.9 Å². The second-order valence-electron chi connectivity index (χ2n) is 6.28. The van der Waals surface area contributed by atoms with Gasteiger partial charge in [0.25, 0.3) is 0 Å². The van der Waals surface area contributed by atoms with Crippen molar-refractivity contribution in [3.05, 3.63) is 23.5 Å². The van der Waals surface area contributed by atoms with Crippen LogP contribution in [0.25, 0.3) is 0 Å². The molecule has 0 aromatic carbocycles. The molecule has 1 aromatic heterocycles. The fourth-order valence-electron chi connectivity index (χ4n) is 2.47. The number of hydrogen-bond donors (Lipinski definition) is 0. The van der Waals surface area contributed by atoms with Gasteiger partial charge in [0.15, 0.2) is 0 Å². The van der Waals surface area contributed by atoms with E-state index in [9.17, 15) is 0 Å². The second kappa shape index (κ2) is 7.82. The maximum atomic E-state index is 5.53. The van der Waals surface area contributed by atoms with Crippen LogP contribution < -0.4 is 0 Å². The minimum atomic E-state index is 0.226. The molecule has 0 unspecified atom stereocenters. The minimum absolute atomic E-state index is 0.226. The highest BCUT2D eigenvalue weighted by atomic mass is 16.5. The van der Waals surface area contributed by atoms with E-state index in [1.807, 2.05) is 19.9 Å². The quantitative estimate of drug-likeness (QED) is 0.801. The largest absolute Gasteiger partial charge is 0.372 e. The van der Waals surface area contributed by atoms with Crippen LogP contribution in [0.5, 0.6) is 0 Å². The average molecular weight is 292 g/mol. The number of rotatable bonds is 6. The predicted octanol–water partition coefficient (Wildman–Crippen LogP) is 1.93. The molecule has 1 aliphatic rings. The van der Waals surface area contributed by atoms with Crippen molar-refractivity contribution in [2.75, 3.05) is 26.2 Å². The summed E-state index contributed by atoms with van der Waals surface area (Å²) in [4.78, 5) is 4.97. The number of piperazine rings is 1. The molecule has 0 N–H and O–H groups in total. The molecule has 21 heavy (non-hydrogen) atoms. The van der Waals surface area contributed by atoms with Gasteiger partial charge in [-0.25, -0.2) is 0 Å². The Morgan fingerprint density at radius 1 is 1.00 bits per heavy atom. The third-order valence-corrected chi connectivity index (χ3v) is 3.86. The van der Waals surface area contributed by atoms with Crippen LogP contribution in [0, 0.1) is 0 Å². The Bertz CT molecular complexity index is 411. The van der Waals surface area contributed by atoms with Gasteiger partial charge in [0.2, 0.25) is 0 Å². The van der Waals surface area contributed by atoms with Crippen molar-refractivity contribution in [3.63, 3.8) is 0 Å². The molecular weight excluding hydrogens is 264 g/mol. The van der Waals surface area contributed by atoms with Crippen LogP contribution in [0.4, 0.5) is 0 Å². The number of hydrogen-bond acceptors (Lipinski definition) is 5. The number of ether oxygens (including phenoxy) is 1. The molecular formula is C16H28N4O. The van der Waals surface area contributed by atoms with E-state index in [0.29, 0.717) is 12.6 Å². The van der Waals surface area contributed by atoms with Gasteiger partial charge in [-0.3, -0.25) is 9.80 Å². The lowest BCUT2D eigenvalue weighted by atomic mass is 10.2. The van der Waals surface area contributed by atoms with Gasteiger partial charge in [-0.15, -0.1) is 0 Å².